The van der Waals surface area contributed by atoms with Crippen LogP contribution in [0, 0.1) is 0 Å². The number of carbonyl (C=O) groups is 1. The third-order valence-corrected chi connectivity index (χ3v) is 5.33. The third kappa shape index (κ3) is 5.82. The minimum Gasteiger partial charge on any atom is -0.484 e. The number of thiazole rings is 1. The predicted molar refractivity (Wildman–Crippen MR) is 119 cm³/mol. The maximum absolute atomic E-state index is 12.9. The second kappa shape index (κ2) is 10.6. The number of nitrogens with zero attached hydrogens (tertiary/aromatic N) is 3. The highest BCUT2D eigenvalue weighted by atomic mass is 35.5. The van der Waals surface area contributed by atoms with E-state index in [0.29, 0.717) is 22.4 Å². The quantitative estimate of drug-likeness (QED) is 0.508. The number of amides is 1. The van der Waals surface area contributed by atoms with Crippen molar-refractivity contribution in [2.45, 2.75) is 6.42 Å². The number of hydrogen-bond acceptors (Lipinski definition) is 5. The lowest BCUT2D eigenvalue weighted by Gasteiger charge is -2.21. The molecule has 0 N–H and O–H groups in total. The summed E-state index contributed by atoms with van der Waals surface area (Å²) in [5.41, 5.74) is 0.730. The fourth-order valence-corrected chi connectivity index (χ4v) is 3.94. The molecule has 2 aromatic carbocycles. The standard InChI is InChI=1S/C20H22ClN3O2S.ClH/c1-23(2)12-7-13-24(18(25)14-26-15-8-4-3-5-9-15)20-22-19-16(21)10-6-11-17(19)27-20;/h3-6,8-11H,7,12-14H2,1-2H3;1H. The highest BCUT2D eigenvalue weighted by Crippen LogP contribution is 2.33. The van der Waals surface area contributed by atoms with Gasteiger partial charge in [0.15, 0.2) is 11.7 Å². The lowest BCUT2D eigenvalue weighted by atomic mass is 10.3. The monoisotopic (exact) mass is 439 g/mol. The molecule has 5 nitrogen and oxygen atoms in total. The topological polar surface area (TPSA) is 45.7 Å². The van der Waals surface area contributed by atoms with Gasteiger partial charge in [-0.1, -0.05) is 47.2 Å². The van der Waals surface area contributed by atoms with Crippen LogP contribution < -0.4 is 9.64 Å². The van der Waals surface area contributed by atoms with Crippen LogP contribution in [0.3, 0.4) is 0 Å². The summed E-state index contributed by atoms with van der Waals surface area (Å²) in [4.78, 5) is 21.3. The normalized spacial score (nSPS) is 10.7. The summed E-state index contributed by atoms with van der Waals surface area (Å²) in [5.74, 6) is 0.555. The smallest absolute Gasteiger partial charge is 0.266 e. The van der Waals surface area contributed by atoms with Crippen molar-refractivity contribution < 1.29 is 9.53 Å². The van der Waals surface area contributed by atoms with E-state index in [0.717, 1.165) is 23.2 Å². The zero-order chi connectivity index (χ0) is 19.2. The van der Waals surface area contributed by atoms with Crippen LogP contribution in [-0.4, -0.2) is 49.6 Å². The minimum atomic E-state index is -0.118. The lowest BCUT2D eigenvalue weighted by Crippen LogP contribution is -2.36. The molecule has 0 unspecified atom stereocenters. The van der Waals surface area contributed by atoms with Crippen molar-refractivity contribution in [3.05, 3.63) is 53.6 Å². The van der Waals surface area contributed by atoms with Crippen molar-refractivity contribution in [1.29, 1.82) is 0 Å². The van der Waals surface area contributed by atoms with E-state index >= 15 is 0 Å². The molecule has 0 aliphatic rings. The van der Waals surface area contributed by atoms with Crippen LogP contribution in [0.5, 0.6) is 5.75 Å². The number of benzene rings is 2. The van der Waals surface area contributed by atoms with Gasteiger partial charge in [-0.3, -0.25) is 9.69 Å². The van der Waals surface area contributed by atoms with Crippen molar-refractivity contribution in [3.63, 3.8) is 0 Å². The van der Waals surface area contributed by atoms with Gasteiger partial charge < -0.3 is 9.64 Å². The van der Waals surface area contributed by atoms with E-state index in [9.17, 15) is 4.79 Å². The van der Waals surface area contributed by atoms with Crippen LogP contribution in [0.1, 0.15) is 6.42 Å². The van der Waals surface area contributed by atoms with Gasteiger partial charge in [0.1, 0.15) is 11.3 Å². The van der Waals surface area contributed by atoms with E-state index in [1.54, 1.807) is 4.90 Å². The van der Waals surface area contributed by atoms with Crippen molar-refractivity contribution in [2.75, 3.05) is 38.7 Å². The van der Waals surface area contributed by atoms with Crippen LogP contribution in [-0.2, 0) is 4.79 Å². The van der Waals surface area contributed by atoms with E-state index < -0.39 is 0 Å². The summed E-state index contributed by atoms with van der Waals surface area (Å²) < 4.78 is 6.61. The number of para-hydroxylation sites is 2. The molecule has 0 bridgehead atoms. The third-order valence-electron chi connectivity index (χ3n) is 3.98. The van der Waals surface area contributed by atoms with E-state index in [-0.39, 0.29) is 24.9 Å². The fraction of sp³-hybridized carbons (Fsp3) is 0.300. The average molecular weight is 440 g/mol. The highest BCUT2D eigenvalue weighted by Gasteiger charge is 2.21. The van der Waals surface area contributed by atoms with Crippen molar-refractivity contribution in [3.8, 4) is 5.75 Å². The Balaban J connectivity index is 0.00000280. The van der Waals surface area contributed by atoms with Gasteiger partial charge in [-0.2, -0.15) is 0 Å². The first kappa shape index (κ1) is 22.4. The van der Waals surface area contributed by atoms with Gasteiger partial charge in [0.25, 0.3) is 5.91 Å². The van der Waals surface area contributed by atoms with E-state index in [2.05, 4.69) is 9.88 Å². The number of anilines is 1. The Bertz CT molecular complexity index is 903. The number of hydrogen-bond donors (Lipinski definition) is 0. The summed E-state index contributed by atoms with van der Waals surface area (Å²) in [6.45, 7) is 1.43. The number of fused-ring (bicyclic) bond motifs is 1. The van der Waals surface area contributed by atoms with Crippen LogP contribution in [0.2, 0.25) is 5.02 Å². The molecule has 3 rings (SSSR count). The molecule has 3 aromatic rings. The molecular formula is C20H23Cl2N3O2S. The van der Waals surface area contributed by atoms with Gasteiger partial charge in [0.2, 0.25) is 0 Å². The molecule has 1 amide bonds. The fourth-order valence-electron chi connectivity index (χ4n) is 2.63. The van der Waals surface area contributed by atoms with Gasteiger partial charge in [-0.05, 0) is 51.3 Å². The molecule has 0 aliphatic carbocycles. The van der Waals surface area contributed by atoms with Gasteiger partial charge in [0, 0.05) is 6.54 Å². The molecule has 0 spiro atoms. The predicted octanol–water partition coefficient (Wildman–Crippen LogP) is 4.74. The van der Waals surface area contributed by atoms with Crippen LogP contribution in [0.25, 0.3) is 10.2 Å². The lowest BCUT2D eigenvalue weighted by molar-refractivity contribution is -0.120. The Hall–Kier alpha value is -1.86. The van der Waals surface area contributed by atoms with Crippen molar-refractivity contribution >= 4 is 56.6 Å². The second-order valence-corrected chi connectivity index (χ2v) is 7.80. The molecular weight excluding hydrogens is 417 g/mol. The molecule has 0 fully saturated rings. The van der Waals surface area contributed by atoms with Gasteiger partial charge in [-0.15, -0.1) is 12.4 Å². The van der Waals surface area contributed by atoms with Crippen LogP contribution >= 0.6 is 35.3 Å². The molecule has 8 heteroatoms. The summed E-state index contributed by atoms with van der Waals surface area (Å²) >= 11 is 7.72. The SMILES string of the molecule is CN(C)CCCN(C(=O)COc1ccccc1)c1nc2c(Cl)cccc2s1.Cl. The molecule has 0 atom stereocenters. The molecule has 0 radical (unpaired) electrons. The Morgan fingerprint density at radius 3 is 2.54 bits per heavy atom. The molecule has 0 aliphatic heterocycles. The van der Waals surface area contributed by atoms with Gasteiger partial charge in [-0.25, -0.2) is 4.98 Å². The van der Waals surface area contributed by atoms with Crippen LogP contribution in [0.15, 0.2) is 48.5 Å². The number of halogens is 2. The van der Waals surface area contributed by atoms with E-state index in [1.165, 1.54) is 11.3 Å². The molecule has 28 heavy (non-hydrogen) atoms. The maximum atomic E-state index is 12.9. The zero-order valence-electron chi connectivity index (χ0n) is 15.8. The first-order valence-electron chi connectivity index (χ1n) is 8.72. The van der Waals surface area contributed by atoms with E-state index in [1.807, 2.05) is 62.6 Å². The summed E-state index contributed by atoms with van der Waals surface area (Å²) in [5, 5.41) is 1.25. The maximum Gasteiger partial charge on any atom is 0.266 e. The minimum absolute atomic E-state index is 0. The zero-order valence-corrected chi connectivity index (χ0v) is 18.2. The first-order valence-corrected chi connectivity index (χ1v) is 9.92. The Morgan fingerprint density at radius 2 is 1.86 bits per heavy atom. The highest BCUT2D eigenvalue weighted by molar-refractivity contribution is 7.22. The Labute approximate surface area is 180 Å². The largest absolute Gasteiger partial charge is 0.484 e. The molecule has 1 aromatic heterocycles. The summed E-state index contributed by atoms with van der Waals surface area (Å²) in [7, 11) is 4.03. The average Bonchev–Trinajstić information content (AvgIpc) is 3.09. The molecule has 0 saturated heterocycles. The number of rotatable bonds is 8. The molecule has 0 saturated carbocycles. The van der Waals surface area contributed by atoms with E-state index in [4.69, 9.17) is 16.3 Å². The molecule has 1 heterocycles. The number of carbonyl (C=O) groups excluding carboxylic acids is 1. The Morgan fingerprint density at radius 1 is 1.11 bits per heavy atom. The van der Waals surface area contributed by atoms with Crippen molar-refractivity contribution in [1.82, 2.24) is 9.88 Å². The summed E-state index contributed by atoms with van der Waals surface area (Å²) in [6, 6.07) is 15.0. The van der Waals surface area contributed by atoms with Crippen molar-refractivity contribution in [2.24, 2.45) is 0 Å². The van der Waals surface area contributed by atoms with Gasteiger partial charge >= 0.3 is 0 Å². The summed E-state index contributed by atoms with van der Waals surface area (Å²) in [6.07, 6.45) is 0.841. The molecule has 150 valence electrons. The number of ether oxygens (including phenoxy) is 1. The number of aromatic nitrogens is 1. The second-order valence-electron chi connectivity index (χ2n) is 6.39. The first-order chi connectivity index (χ1) is 13.0. The van der Waals surface area contributed by atoms with Crippen LogP contribution in [0.4, 0.5) is 5.13 Å². The van der Waals surface area contributed by atoms with Gasteiger partial charge in [0.05, 0.1) is 9.72 Å². The Kier molecular flexibility index (Phi) is 8.51.